The van der Waals surface area contributed by atoms with E-state index in [1.54, 1.807) is 20.8 Å². The largest absolute Gasteiger partial charge is 0.444 e. The van der Waals surface area contributed by atoms with Crippen LogP contribution in [0.1, 0.15) is 106 Å². The number of ether oxygens (including phenoxy) is 2. The number of carbonyl (C=O) groups is 3. The second-order valence-electron chi connectivity index (χ2n) is 11.8. The highest BCUT2D eigenvalue weighted by atomic mass is 16.6. The summed E-state index contributed by atoms with van der Waals surface area (Å²) in [4.78, 5) is 34.8. The van der Waals surface area contributed by atoms with E-state index in [0.717, 1.165) is 38.5 Å². The summed E-state index contributed by atoms with van der Waals surface area (Å²) >= 11 is 0. The van der Waals surface area contributed by atoms with Crippen molar-refractivity contribution >= 4 is 18.1 Å². The SMILES string of the molecule is CC(C)(C)OC(=O)N[C@@H](C(N)=O)C1CCCCC1.CC(C)(C)OC(=O)N[C@H](CN)C1CCCCC1. The molecule has 2 rings (SSSR count). The van der Waals surface area contributed by atoms with Crippen molar-refractivity contribution in [1.29, 1.82) is 0 Å². The molecule has 9 nitrogen and oxygen atoms in total. The van der Waals surface area contributed by atoms with Crippen LogP contribution in [-0.4, -0.2) is 47.9 Å². The fourth-order valence-corrected chi connectivity index (χ4v) is 4.69. The minimum atomic E-state index is -0.611. The zero-order valence-electron chi connectivity index (χ0n) is 22.8. The number of hydrogen-bond acceptors (Lipinski definition) is 6. The van der Waals surface area contributed by atoms with E-state index in [4.69, 9.17) is 20.9 Å². The van der Waals surface area contributed by atoms with Gasteiger partial charge in [0.2, 0.25) is 5.91 Å². The normalized spacial score (nSPS) is 19.4. The first kappa shape index (κ1) is 31.0. The standard InChI is InChI=1S/C13H24N2O3.C13H26N2O2/c1-13(2,3)18-12(17)15-10(11(14)16)9-7-5-4-6-8-9;1-13(2,3)17-12(16)15-11(9-14)10-7-5-4-6-8-10/h9-10H,4-8H2,1-3H3,(H2,14,16)(H,15,17);10-11H,4-9,14H2,1-3H3,(H,15,16)/t10-;11-/m11/s1. The molecule has 2 saturated carbocycles. The molecule has 0 heterocycles. The highest BCUT2D eigenvalue weighted by Crippen LogP contribution is 2.27. The van der Waals surface area contributed by atoms with Crippen LogP contribution in [0.25, 0.3) is 0 Å². The second-order valence-corrected chi connectivity index (χ2v) is 11.8. The topological polar surface area (TPSA) is 146 Å². The molecular formula is C26H50N4O5. The van der Waals surface area contributed by atoms with Crippen molar-refractivity contribution in [2.75, 3.05) is 6.54 Å². The van der Waals surface area contributed by atoms with Crippen LogP contribution in [-0.2, 0) is 14.3 Å². The third kappa shape index (κ3) is 13.6. The summed E-state index contributed by atoms with van der Waals surface area (Å²) < 4.78 is 10.4. The van der Waals surface area contributed by atoms with Crippen LogP contribution in [0, 0.1) is 11.8 Å². The minimum absolute atomic E-state index is 0.0603. The molecule has 0 aromatic heterocycles. The average molecular weight is 499 g/mol. The maximum Gasteiger partial charge on any atom is 0.408 e. The van der Waals surface area contributed by atoms with Gasteiger partial charge >= 0.3 is 12.2 Å². The molecule has 0 saturated heterocycles. The van der Waals surface area contributed by atoms with Crippen LogP contribution in [0.5, 0.6) is 0 Å². The fourth-order valence-electron chi connectivity index (χ4n) is 4.69. The van der Waals surface area contributed by atoms with E-state index in [2.05, 4.69) is 10.6 Å². The van der Waals surface area contributed by atoms with Crippen molar-refractivity contribution in [1.82, 2.24) is 10.6 Å². The van der Waals surface area contributed by atoms with E-state index in [1.807, 2.05) is 20.8 Å². The van der Waals surface area contributed by atoms with Gasteiger partial charge in [0.25, 0.3) is 0 Å². The number of carbonyl (C=O) groups excluding carboxylic acids is 3. The molecule has 2 aliphatic rings. The van der Waals surface area contributed by atoms with Crippen LogP contribution < -0.4 is 22.1 Å². The lowest BCUT2D eigenvalue weighted by Crippen LogP contribution is -2.50. The maximum absolute atomic E-state index is 11.7. The molecule has 0 spiro atoms. The summed E-state index contributed by atoms with van der Waals surface area (Å²) in [6.07, 6.45) is 10.4. The van der Waals surface area contributed by atoms with Gasteiger partial charge in [0.15, 0.2) is 0 Å². The Morgan fingerprint density at radius 3 is 1.51 bits per heavy atom. The number of hydrogen-bond donors (Lipinski definition) is 4. The molecule has 204 valence electrons. The number of primary amides is 1. The monoisotopic (exact) mass is 498 g/mol. The molecule has 0 unspecified atom stereocenters. The van der Waals surface area contributed by atoms with E-state index in [9.17, 15) is 14.4 Å². The highest BCUT2D eigenvalue weighted by Gasteiger charge is 2.31. The summed E-state index contributed by atoms with van der Waals surface area (Å²) in [5.74, 6) is 0.179. The number of rotatable bonds is 6. The zero-order valence-corrected chi connectivity index (χ0v) is 22.8. The molecule has 35 heavy (non-hydrogen) atoms. The maximum atomic E-state index is 11.7. The predicted octanol–water partition coefficient (Wildman–Crippen LogP) is 4.36. The van der Waals surface area contributed by atoms with Gasteiger partial charge in [-0.3, -0.25) is 4.79 Å². The Bertz CT molecular complexity index is 660. The van der Waals surface area contributed by atoms with Crippen LogP contribution in [0.4, 0.5) is 9.59 Å². The predicted molar refractivity (Wildman–Crippen MR) is 138 cm³/mol. The molecular weight excluding hydrogens is 448 g/mol. The third-order valence-electron chi connectivity index (χ3n) is 6.27. The molecule has 3 amide bonds. The van der Waals surface area contributed by atoms with Gasteiger partial charge < -0.3 is 31.6 Å². The zero-order chi connectivity index (χ0) is 26.6. The summed E-state index contributed by atoms with van der Waals surface area (Å²) in [7, 11) is 0. The average Bonchev–Trinajstić information content (AvgIpc) is 2.75. The van der Waals surface area contributed by atoms with Crippen LogP contribution in [0.3, 0.4) is 0 Å². The Kier molecular flexibility index (Phi) is 12.9. The first-order valence-corrected chi connectivity index (χ1v) is 13.2. The van der Waals surface area contributed by atoms with Crippen molar-refractivity contribution in [2.45, 2.75) is 129 Å². The van der Waals surface area contributed by atoms with E-state index < -0.39 is 29.2 Å². The molecule has 0 radical (unpaired) electrons. The Balaban J connectivity index is 0.000000351. The Labute approximate surface area is 211 Å². The molecule has 2 aliphatic carbocycles. The first-order valence-electron chi connectivity index (χ1n) is 13.2. The van der Waals surface area contributed by atoms with Crippen molar-refractivity contribution < 1.29 is 23.9 Å². The number of alkyl carbamates (subject to hydrolysis) is 2. The van der Waals surface area contributed by atoms with Crippen molar-refractivity contribution in [3.05, 3.63) is 0 Å². The number of nitrogens with one attached hydrogen (secondary N) is 2. The van der Waals surface area contributed by atoms with E-state index in [-0.39, 0.29) is 18.1 Å². The van der Waals surface area contributed by atoms with Crippen LogP contribution in [0.15, 0.2) is 0 Å². The van der Waals surface area contributed by atoms with Gasteiger partial charge in [0, 0.05) is 12.6 Å². The van der Waals surface area contributed by atoms with Gasteiger partial charge in [-0.25, -0.2) is 9.59 Å². The molecule has 2 fully saturated rings. The van der Waals surface area contributed by atoms with Crippen LogP contribution >= 0.6 is 0 Å². The van der Waals surface area contributed by atoms with Gasteiger partial charge in [0.05, 0.1) is 0 Å². The van der Waals surface area contributed by atoms with Crippen molar-refractivity contribution in [3.63, 3.8) is 0 Å². The van der Waals surface area contributed by atoms with E-state index in [1.165, 1.54) is 25.7 Å². The Hall–Kier alpha value is -2.03. The molecule has 9 heteroatoms. The van der Waals surface area contributed by atoms with Gasteiger partial charge in [-0.05, 0) is 79.1 Å². The lowest BCUT2D eigenvalue weighted by atomic mass is 9.83. The van der Waals surface area contributed by atoms with Gasteiger partial charge in [-0.2, -0.15) is 0 Å². The van der Waals surface area contributed by atoms with Crippen LogP contribution in [0.2, 0.25) is 0 Å². The third-order valence-corrected chi connectivity index (χ3v) is 6.27. The van der Waals surface area contributed by atoms with Gasteiger partial charge in [-0.1, -0.05) is 38.5 Å². The highest BCUT2D eigenvalue weighted by molar-refractivity contribution is 5.84. The minimum Gasteiger partial charge on any atom is -0.444 e. The summed E-state index contributed by atoms with van der Waals surface area (Å²) in [6.45, 7) is 11.4. The first-order chi connectivity index (χ1) is 16.2. The van der Waals surface area contributed by atoms with E-state index >= 15 is 0 Å². The molecule has 0 aromatic rings. The Morgan fingerprint density at radius 1 is 0.743 bits per heavy atom. The van der Waals surface area contributed by atoms with E-state index in [0.29, 0.717) is 12.5 Å². The molecule has 2 atom stereocenters. The summed E-state index contributed by atoms with van der Waals surface area (Å²) in [6, 6.07) is -0.551. The quantitative estimate of drug-likeness (QED) is 0.428. The smallest absolute Gasteiger partial charge is 0.408 e. The molecule has 0 bridgehead atoms. The molecule has 6 N–H and O–H groups in total. The Morgan fingerprint density at radius 2 is 1.14 bits per heavy atom. The molecule has 0 aromatic carbocycles. The van der Waals surface area contributed by atoms with Crippen molar-refractivity contribution in [3.8, 4) is 0 Å². The second kappa shape index (κ2) is 14.5. The lowest BCUT2D eigenvalue weighted by molar-refractivity contribution is -0.121. The van der Waals surface area contributed by atoms with Gasteiger partial charge in [0.1, 0.15) is 17.2 Å². The van der Waals surface area contributed by atoms with Gasteiger partial charge in [-0.15, -0.1) is 0 Å². The van der Waals surface area contributed by atoms with Crippen molar-refractivity contribution in [2.24, 2.45) is 23.3 Å². The number of amides is 3. The molecule has 0 aliphatic heterocycles. The number of nitrogens with two attached hydrogens (primary N) is 2. The fraction of sp³-hybridized carbons (Fsp3) is 0.885. The summed E-state index contributed by atoms with van der Waals surface area (Å²) in [5.41, 5.74) is 10.1. The lowest BCUT2D eigenvalue weighted by Gasteiger charge is -2.31. The summed E-state index contributed by atoms with van der Waals surface area (Å²) in [5, 5.41) is 5.51.